The van der Waals surface area contributed by atoms with Gasteiger partial charge in [-0.1, -0.05) is 18.2 Å². The van der Waals surface area contributed by atoms with Crippen LogP contribution in [0.1, 0.15) is 16.7 Å². The van der Waals surface area contributed by atoms with Gasteiger partial charge in [-0.2, -0.15) is 0 Å². The number of hydrogen-bond donors (Lipinski definition) is 2. The number of carbonyl (C=O) groups excluding carboxylic acids is 1. The molecule has 2 N–H and O–H groups in total. The molecular weight excluding hydrogens is 356 g/mol. The summed E-state index contributed by atoms with van der Waals surface area (Å²) in [6.45, 7) is 5.21. The standard InChI is InChI=1S/C18H22N2O5S/c1-12-5-7-14(3)16(9-12)25-11-18(21)19-20-26(22,23)17-10-13(2)6-8-15(17)24-4/h5-10,20H,11H2,1-4H3,(H,19,21). The van der Waals surface area contributed by atoms with Crippen LogP contribution in [0.15, 0.2) is 41.3 Å². The molecule has 0 aliphatic rings. The van der Waals surface area contributed by atoms with Crippen molar-refractivity contribution in [2.45, 2.75) is 25.7 Å². The van der Waals surface area contributed by atoms with E-state index in [1.807, 2.05) is 32.0 Å². The molecule has 0 aliphatic carbocycles. The van der Waals surface area contributed by atoms with Crippen molar-refractivity contribution >= 4 is 15.9 Å². The zero-order chi connectivity index (χ0) is 19.3. The van der Waals surface area contributed by atoms with Crippen LogP contribution in [0.25, 0.3) is 0 Å². The van der Waals surface area contributed by atoms with E-state index in [2.05, 4.69) is 10.3 Å². The number of amides is 1. The van der Waals surface area contributed by atoms with Crippen LogP contribution in [0, 0.1) is 20.8 Å². The molecule has 0 heterocycles. The van der Waals surface area contributed by atoms with Gasteiger partial charge in [-0.3, -0.25) is 10.2 Å². The quantitative estimate of drug-likeness (QED) is 0.719. The average molecular weight is 378 g/mol. The Morgan fingerprint density at radius 2 is 1.65 bits per heavy atom. The van der Waals surface area contributed by atoms with E-state index in [4.69, 9.17) is 9.47 Å². The first-order valence-electron chi connectivity index (χ1n) is 7.88. The van der Waals surface area contributed by atoms with E-state index in [-0.39, 0.29) is 17.3 Å². The van der Waals surface area contributed by atoms with Gasteiger partial charge < -0.3 is 9.47 Å². The van der Waals surface area contributed by atoms with Crippen molar-refractivity contribution in [3.05, 3.63) is 53.1 Å². The molecule has 7 nitrogen and oxygen atoms in total. The Hall–Kier alpha value is -2.58. The predicted molar refractivity (Wildman–Crippen MR) is 97.6 cm³/mol. The van der Waals surface area contributed by atoms with Crippen LogP contribution in [0.5, 0.6) is 11.5 Å². The van der Waals surface area contributed by atoms with Gasteiger partial charge in [0, 0.05) is 0 Å². The van der Waals surface area contributed by atoms with Crippen LogP contribution in [0.4, 0.5) is 0 Å². The maximum absolute atomic E-state index is 12.4. The van der Waals surface area contributed by atoms with Crippen molar-refractivity contribution < 1.29 is 22.7 Å². The number of carbonyl (C=O) groups is 1. The van der Waals surface area contributed by atoms with Crippen LogP contribution >= 0.6 is 0 Å². The normalized spacial score (nSPS) is 11.1. The largest absolute Gasteiger partial charge is 0.495 e. The molecule has 26 heavy (non-hydrogen) atoms. The fourth-order valence-electron chi connectivity index (χ4n) is 2.22. The lowest BCUT2D eigenvalue weighted by atomic mass is 10.1. The summed E-state index contributed by atoms with van der Waals surface area (Å²) in [6.07, 6.45) is 0. The van der Waals surface area contributed by atoms with Crippen LogP contribution in [0.2, 0.25) is 0 Å². The summed E-state index contributed by atoms with van der Waals surface area (Å²) in [6, 6.07) is 10.4. The molecule has 0 unspecified atom stereocenters. The Labute approximate surface area is 153 Å². The fraction of sp³-hybridized carbons (Fsp3) is 0.278. The Kier molecular flexibility index (Phi) is 6.23. The van der Waals surface area contributed by atoms with E-state index in [1.165, 1.54) is 13.2 Å². The minimum Gasteiger partial charge on any atom is -0.495 e. The fourth-order valence-corrected chi connectivity index (χ4v) is 3.33. The maximum Gasteiger partial charge on any atom is 0.272 e. The summed E-state index contributed by atoms with van der Waals surface area (Å²) in [4.78, 5) is 13.9. The average Bonchev–Trinajstić information content (AvgIpc) is 2.60. The van der Waals surface area contributed by atoms with Gasteiger partial charge in [0.25, 0.3) is 15.9 Å². The summed E-state index contributed by atoms with van der Waals surface area (Å²) in [5.74, 6) is 0.133. The van der Waals surface area contributed by atoms with E-state index < -0.39 is 15.9 Å². The minimum atomic E-state index is -3.98. The minimum absolute atomic E-state index is 0.0595. The molecule has 2 rings (SSSR count). The first kappa shape index (κ1) is 19.7. The summed E-state index contributed by atoms with van der Waals surface area (Å²) < 4.78 is 35.3. The van der Waals surface area contributed by atoms with Gasteiger partial charge >= 0.3 is 0 Å². The summed E-state index contributed by atoms with van der Waals surface area (Å²) >= 11 is 0. The Bertz CT molecular complexity index is 910. The van der Waals surface area contributed by atoms with E-state index in [9.17, 15) is 13.2 Å². The van der Waals surface area contributed by atoms with Crippen molar-refractivity contribution in [3.8, 4) is 11.5 Å². The molecule has 0 aliphatic heterocycles. The first-order valence-corrected chi connectivity index (χ1v) is 9.36. The first-order chi connectivity index (χ1) is 12.2. The smallest absolute Gasteiger partial charge is 0.272 e. The zero-order valence-electron chi connectivity index (χ0n) is 15.1. The Morgan fingerprint density at radius 1 is 1.00 bits per heavy atom. The van der Waals surface area contributed by atoms with Gasteiger partial charge in [0.05, 0.1) is 7.11 Å². The van der Waals surface area contributed by atoms with Crippen LogP contribution in [0.3, 0.4) is 0 Å². The number of rotatable bonds is 7. The monoisotopic (exact) mass is 378 g/mol. The SMILES string of the molecule is COc1ccc(C)cc1S(=O)(=O)NNC(=O)COc1cc(C)ccc1C. The third kappa shape index (κ3) is 4.96. The van der Waals surface area contributed by atoms with E-state index in [1.54, 1.807) is 19.1 Å². The summed E-state index contributed by atoms with van der Waals surface area (Å²) in [5, 5.41) is 0. The molecule has 8 heteroatoms. The van der Waals surface area contributed by atoms with Crippen molar-refractivity contribution in [1.82, 2.24) is 10.3 Å². The van der Waals surface area contributed by atoms with Gasteiger partial charge in [-0.25, -0.2) is 8.42 Å². The lowest BCUT2D eigenvalue weighted by Crippen LogP contribution is -2.43. The molecule has 2 aromatic rings. The summed E-state index contributed by atoms with van der Waals surface area (Å²) in [5.41, 5.74) is 4.77. The highest BCUT2D eigenvalue weighted by Gasteiger charge is 2.20. The van der Waals surface area contributed by atoms with Crippen molar-refractivity contribution in [2.75, 3.05) is 13.7 Å². The number of hydrogen-bond acceptors (Lipinski definition) is 5. The number of hydrazine groups is 1. The number of sulfonamides is 1. The molecule has 0 aromatic heterocycles. The number of benzene rings is 2. The second-order valence-electron chi connectivity index (χ2n) is 5.87. The van der Waals surface area contributed by atoms with E-state index in [0.717, 1.165) is 16.7 Å². The highest BCUT2D eigenvalue weighted by Crippen LogP contribution is 2.24. The number of ether oxygens (including phenoxy) is 2. The molecule has 0 saturated carbocycles. The van der Waals surface area contributed by atoms with Gasteiger partial charge in [-0.05, 0) is 55.7 Å². The number of nitrogens with one attached hydrogen (secondary N) is 2. The Morgan fingerprint density at radius 3 is 2.35 bits per heavy atom. The van der Waals surface area contributed by atoms with Crippen molar-refractivity contribution in [3.63, 3.8) is 0 Å². The predicted octanol–water partition coefficient (Wildman–Crippen LogP) is 2.01. The van der Waals surface area contributed by atoms with Gasteiger partial charge in [0.1, 0.15) is 16.4 Å². The highest BCUT2D eigenvalue weighted by atomic mass is 32.2. The lowest BCUT2D eigenvalue weighted by molar-refractivity contribution is -0.123. The van der Waals surface area contributed by atoms with Gasteiger partial charge in [0.15, 0.2) is 6.61 Å². The molecule has 0 saturated heterocycles. The van der Waals surface area contributed by atoms with Crippen LogP contribution < -0.4 is 19.7 Å². The molecule has 0 radical (unpaired) electrons. The second-order valence-corrected chi connectivity index (χ2v) is 7.52. The second kappa shape index (κ2) is 8.20. The molecular formula is C18H22N2O5S. The molecule has 1 amide bonds. The van der Waals surface area contributed by atoms with Crippen LogP contribution in [-0.2, 0) is 14.8 Å². The lowest BCUT2D eigenvalue weighted by Gasteiger charge is -2.13. The van der Waals surface area contributed by atoms with Crippen molar-refractivity contribution in [2.24, 2.45) is 0 Å². The van der Waals surface area contributed by atoms with Gasteiger partial charge in [0.2, 0.25) is 0 Å². The molecule has 0 spiro atoms. The Balaban J connectivity index is 2.00. The van der Waals surface area contributed by atoms with Crippen molar-refractivity contribution in [1.29, 1.82) is 0 Å². The number of methoxy groups -OCH3 is 1. The molecule has 0 atom stereocenters. The molecule has 0 fully saturated rings. The van der Waals surface area contributed by atoms with E-state index >= 15 is 0 Å². The highest BCUT2D eigenvalue weighted by molar-refractivity contribution is 7.89. The summed E-state index contributed by atoms with van der Waals surface area (Å²) in [7, 11) is -2.61. The third-order valence-corrected chi connectivity index (χ3v) is 4.90. The zero-order valence-corrected chi connectivity index (χ0v) is 15.9. The van der Waals surface area contributed by atoms with Gasteiger partial charge in [-0.15, -0.1) is 4.83 Å². The third-order valence-electron chi connectivity index (χ3n) is 3.64. The van der Waals surface area contributed by atoms with E-state index in [0.29, 0.717) is 5.75 Å². The van der Waals surface area contributed by atoms with Crippen LogP contribution in [-0.4, -0.2) is 28.0 Å². The maximum atomic E-state index is 12.4. The molecule has 140 valence electrons. The molecule has 0 bridgehead atoms. The number of aryl methyl sites for hydroxylation is 3. The topological polar surface area (TPSA) is 93.7 Å². The molecule has 2 aromatic carbocycles.